The van der Waals surface area contributed by atoms with Gasteiger partial charge < -0.3 is 9.47 Å². The zero-order chi connectivity index (χ0) is 18.0. The molecular formula is C14H23F3N4O2S. The summed E-state index contributed by atoms with van der Waals surface area (Å²) in [6.07, 6.45) is -1.49. The molecule has 0 saturated carbocycles. The van der Waals surface area contributed by atoms with Crippen molar-refractivity contribution in [3.8, 4) is 0 Å². The highest BCUT2D eigenvalue weighted by Gasteiger charge is 2.35. The number of aromatic nitrogens is 2. The van der Waals surface area contributed by atoms with E-state index < -0.39 is 21.9 Å². The summed E-state index contributed by atoms with van der Waals surface area (Å²) in [7, 11) is 0.0922. The number of fused-ring (bicyclic) bond motifs is 1. The van der Waals surface area contributed by atoms with Gasteiger partial charge >= 0.3 is 6.18 Å². The normalized spacial score (nSPS) is 18.8. The molecule has 1 atom stereocenters. The topological polar surface area (TPSA) is 67.2 Å². The largest absolute Gasteiger partial charge is 0.434 e. The lowest BCUT2D eigenvalue weighted by molar-refractivity contribution is -0.141. The predicted octanol–water partition coefficient (Wildman–Crippen LogP) is 1.34. The average Bonchev–Trinajstić information content (AvgIpc) is 2.90. The Kier molecular flexibility index (Phi) is 5.92. The number of alkyl halides is 3. The van der Waals surface area contributed by atoms with E-state index in [-0.39, 0.29) is 11.7 Å². The standard InChI is InChI=1S/C14H23F3N4O2S/c1-18-24(22,23)7-3-6-20(2)8-11-4-5-13-19-12(14(15,16)17)10-21(13)9-11/h10-11,18H,3-9H2,1-2H3. The predicted molar refractivity (Wildman–Crippen MR) is 84.0 cm³/mol. The maximum absolute atomic E-state index is 12.7. The van der Waals surface area contributed by atoms with Crippen LogP contribution in [0.5, 0.6) is 0 Å². The summed E-state index contributed by atoms with van der Waals surface area (Å²) in [6, 6.07) is 0. The average molecular weight is 368 g/mol. The maximum atomic E-state index is 12.7. The molecule has 1 aromatic rings. The van der Waals surface area contributed by atoms with Gasteiger partial charge in [-0.3, -0.25) is 0 Å². The summed E-state index contributed by atoms with van der Waals surface area (Å²) in [4.78, 5) is 5.70. The summed E-state index contributed by atoms with van der Waals surface area (Å²) in [5.41, 5.74) is -0.830. The lowest BCUT2D eigenvalue weighted by Gasteiger charge is -2.28. The smallest absolute Gasteiger partial charge is 0.334 e. The van der Waals surface area contributed by atoms with Gasteiger partial charge in [0.2, 0.25) is 10.0 Å². The number of aryl methyl sites for hydroxylation is 1. The van der Waals surface area contributed by atoms with Gasteiger partial charge in [0.15, 0.2) is 5.69 Å². The highest BCUT2D eigenvalue weighted by molar-refractivity contribution is 7.89. The number of nitrogens with zero attached hydrogens (tertiary/aromatic N) is 3. The van der Waals surface area contributed by atoms with Crippen molar-refractivity contribution in [1.29, 1.82) is 0 Å². The number of rotatable bonds is 7. The highest BCUT2D eigenvalue weighted by atomic mass is 32.2. The summed E-state index contributed by atoms with van der Waals surface area (Å²) >= 11 is 0. The number of nitrogens with one attached hydrogen (secondary N) is 1. The van der Waals surface area contributed by atoms with Gasteiger partial charge in [-0.05, 0) is 39.4 Å². The van der Waals surface area contributed by atoms with Crippen LogP contribution in [0.2, 0.25) is 0 Å². The second kappa shape index (κ2) is 7.40. The minimum Gasteiger partial charge on any atom is -0.334 e. The fraction of sp³-hybridized carbons (Fsp3) is 0.786. The first-order chi connectivity index (χ1) is 11.1. The first-order valence-corrected chi connectivity index (χ1v) is 9.49. The van der Waals surface area contributed by atoms with E-state index in [9.17, 15) is 21.6 Å². The Morgan fingerprint density at radius 2 is 2.17 bits per heavy atom. The van der Waals surface area contributed by atoms with Crippen molar-refractivity contribution in [3.63, 3.8) is 0 Å². The Labute approximate surface area is 140 Å². The molecule has 0 spiro atoms. The van der Waals surface area contributed by atoms with E-state index in [1.807, 2.05) is 11.9 Å². The monoisotopic (exact) mass is 368 g/mol. The van der Waals surface area contributed by atoms with Gasteiger partial charge in [-0.15, -0.1) is 0 Å². The lowest BCUT2D eigenvalue weighted by atomic mass is 9.99. The molecule has 6 nitrogen and oxygen atoms in total. The van der Waals surface area contributed by atoms with Crippen LogP contribution in [-0.4, -0.2) is 55.8 Å². The third-order valence-corrected chi connectivity index (χ3v) is 5.66. The molecule has 0 aromatic carbocycles. The third kappa shape index (κ3) is 5.18. The fourth-order valence-corrected chi connectivity index (χ4v) is 3.67. The highest BCUT2D eigenvalue weighted by Crippen LogP contribution is 2.30. The van der Waals surface area contributed by atoms with Crippen molar-refractivity contribution in [2.75, 3.05) is 32.9 Å². The summed E-state index contributed by atoms with van der Waals surface area (Å²) in [5, 5.41) is 0. The number of hydrogen-bond donors (Lipinski definition) is 1. The molecule has 1 aliphatic rings. The van der Waals surface area contributed by atoms with E-state index in [1.54, 1.807) is 4.57 Å². The molecule has 0 bridgehead atoms. The number of halogens is 3. The lowest BCUT2D eigenvalue weighted by Crippen LogP contribution is -2.33. The van der Waals surface area contributed by atoms with Gasteiger partial charge in [-0.2, -0.15) is 13.2 Å². The molecule has 24 heavy (non-hydrogen) atoms. The van der Waals surface area contributed by atoms with Crippen LogP contribution in [0.1, 0.15) is 24.4 Å². The van der Waals surface area contributed by atoms with Crippen LogP contribution in [0.25, 0.3) is 0 Å². The summed E-state index contributed by atoms with van der Waals surface area (Å²) in [5.74, 6) is 0.791. The van der Waals surface area contributed by atoms with Crippen molar-refractivity contribution in [2.24, 2.45) is 5.92 Å². The first kappa shape index (κ1) is 19.2. The zero-order valence-corrected chi connectivity index (χ0v) is 14.6. The molecule has 1 N–H and O–H groups in total. The Morgan fingerprint density at radius 1 is 1.46 bits per heavy atom. The van der Waals surface area contributed by atoms with Crippen LogP contribution in [0.4, 0.5) is 13.2 Å². The van der Waals surface area contributed by atoms with E-state index in [2.05, 4.69) is 9.71 Å². The number of imidazole rings is 1. The molecule has 0 fully saturated rings. The van der Waals surface area contributed by atoms with Gasteiger partial charge in [0, 0.05) is 25.7 Å². The third-order valence-electron chi connectivity index (χ3n) is 4.21. The first-order valence-electron chi connectivity index (χ1n) is 7.83. The molecule has 1 aromatic heterocycles. The minimum absolute atomic E-state index is 0.0686. The van der Waals surface area contributed by atoms with Gasteiger partial charge in [0.05, 0.1) is 5.75 Å². The van der Waals surface area contributed by atoms with Crippen molar-refractivity contribution in [1.82, 2.24) is 19.2 Å². The molecule has 0 aliphatic carbocycles. The van der Waals surface area contributed by atoms with E-state index in [4.69, 9.17) is 0 Å². The SMILES string of the molecule is CNS(=O)(=O)CCCN(C)CC1CCc2nc(C(F)(F)F)cn2C1. The van der Waals surface area contributed by atoms with Crippen molar-refractivity contribution in [3.05, 3.63) is 17.7 Å². The molecule has 10 heteroatoms. The van der Waals surface area contributed by atoms with E-state index in [0.29, 0.717) is 31.8 Å². The van der Waals surface area contributed by atoms with Gasteiger partial charge in [0.25, 0.3) is 0 Å². The Bertz CT molecular complexity index is 657. The van der Waals surface area contributed by atoms with Crippen molar-refractivity contribution >= 4 is 10.0 Å². The van der Waals surface area contributed by atoms with Crippen molar-refractivity contribution < 1.29 is 21.6 Å². The molecule has 0 saturated heterocycles. The van der Waals surface area contributed by atoms with Crippen LogP contribution in [-0.2, 0) is 29.2 Å². The van der Waals surface area contributed by atoms with Gasteiger partial charge in [0.1, 0.15) is 5.82 Å². The van der Waals surface area contributed by atoms with E-state index in [1.165, 1.54) is 7.05 Å². The van der Waals surface area contributed by atoms with E-state index >= 15 is 0 Å². The number of sulfonamides is 1. The maximum Gasteiger partial charge on any atom is 0.434 e. The summed E-state index contributed by atoms with van der Waals surface area (Å²) in [6.45, 7) is 1.86. The Balaban J connectivity index is 1.84. The molecule has 2 rings (SSSR count). The van der Waals surface area contributed by atoms with Crippen LogP contribution in [0.15, 0.2) is 6.20 Å². The number of hydrogen-bond acceptors (Lipinski definition) is 4. The quantitative estimate of drug-likeness (QED) is 0.789. The zero-order valence-electron chi connectivity index (χ0n) is 13.8. The molecular weight excluding hydrogens is 345 g/mol. The molecule has 1 unspecified atom stereocenters. The van der Waals surface area contributed by atoms with Crippen LogP contribution >= 0.6 is 0 Å². The molecule has 0 radical (unpaired) electrons. The van der Waals surface area contributed by atoms with Crippen molar-refractivity contribution in [2.45, 2.75) is 32.0 Å². The van der Waals surface area contributed by atoms with E-state index in [0.717, 1.165) is 19.2 Å². The Hall–Kier alpha value is -1.13. The molecule has 2 heterocycles. The minimum atomic E-state index is -4.41. The van der Waals surface area contributed by atoms with Gasteiger partial charge in [-0.1, -0.05) is 0 Å². The summed E-state index contributed by atoms with van der Waals surface area (Å²) < 4.78 is 64.7. The second-order valence-corrected chi connectivity index (χ2v) is 8.28. The second-order valence-electron chi connectivity index (χ2n) is 6.24. The molecule has 0 amide bonds. The molecule has 138 valence electrons. The van der Waals surface area contributed by atoms with Crippen LogP contribution < -0.4 is 4.72 Å². The van der Waals surface area contributed by atoms with Gasteiger partial charge in [-0.25, -0.2) is 18.1 Å². The molecule has 1 aliphatic heterocycles. The van der Waals surface area contributed by atoms with Crippen LogP contribution in [0.3, 0.4) is 0 Å². The van der Waals surface area contributed by atoms with Crippen LogP contribution in [0, 0.1) is 5.92 Å². The Morgan fingerprint density at radius 3 is 2.79 bits per heavy atom. The fourth-order valence-electron chi connectivity index (χ4n) is 2.96.